The van der Waals surface area contributed by atoms with Crippen molar-refractivity contribution in [1.82, 2.24) is 9.97 Å². The number of aromatic nitrogens is 2. The number of hydrogen-bond donors (Lipinski definition) is 1. The molecule has 90 valence electrons. The van der Waals surface area contributed by atoms with Gasteiger partial charge in [-0.15, -0.1) is 0 Å². The van der Waals surface area contributed by atoms with E-state index in [0.717, 1.165) is 24.2 Å². The van der Waals surface area contributed by atoms with Crippen LogP contribution in [0.15, 0.2) is 12.3 Å². The van der Waals surface area contributed by atoms with E-state index in [2.05, 4.69) is 29.1 Å². The fourth-order valence-corrected chi connectivity index (χ4v) is 1.49. The Labute approximate surface area is 98.1 Å². The second-order valence-corrected chi connectivity index (χ2v) is 4.20. The molecule has 0 spiro atoms. The largest absolute Gasteiger partial charge is 0.370 e. The van der Waals surface area contributed by atoms with E-state index in [-0.39, 0.29) is 0 Å². The third-order valence-corrected chi connectivity index (χ3v) is 2.77. The Morgan fingerprint density at radius 2 is 2.00 bits per heavy atom. The minimum absolute atomic E-state index is 0.720. The molecule has 1 N–H and O–H groups in total. The van der Waals surface area contributed by atoms with Crippen molar-refractivity contribution in [3.8, 4) is 0 Å². The Kier molecular flexibility index (Phi) is 5.02. The van der Waals surface area contributed by atoms with Crippen LogP contribution >= 0.6 is 0 Å². The predicted octanol–water partition coefficient (Wildman–Crippen LogP) is 2.39. The minimum atomic E-state index is 0.720. The molecule has 0 aliphatic rings. The van der Waals surface area contributed by atoms with Gasteiger partial charge in [0.25, 0.3) is 0 Å². The molecule has 0 bridgehead atoms. The summed E-state index contributed by atoms with van der Waals surface area (Å²) < 4.78 is 0. The molecule has 0 amide bonds. The quantitative estimate of drug-likeness (QED) is 0.802. The maximum Gasteiger partial charge on any atom is 0.226 e. The van der Waals surface area contributed by atoms with E-state index in [1.54, 1.807) is 6.20 Å². The summed E-state index contributed by atoms with van der Waals surface area (Å²) in [5.41, 5.74) is 0. The molecule has 4 nitrogen and oxygen atoms in total. The van der Waals surface area contributed by atoms with E-state index in [1.165, 1.54) is 12.8 Å². The van der Waals surface area contributed by atoms with Crippen LogP contribution in [0, 0.1) is 5.92 Å². The lowest BCUT2D eigenvalue weighted by molar-refractivity contribution is 0.518. The molecule has 0 saturated carbocycles. The van der Waals surface area contributed by atoms with Gasteiger partial charge in [0.1, 0.15) is 5.82 Å². The van der Waals surface area contributed by atoms with Crippen LogP contribution in [0.25, 0.3) is 0 Å². The van der Waals surface area contributed by atoms with Crippen LogP contribution in [-0.4, -0.2) is 30.6 Å². The first kappa shape index (κ1) is 12.7. The molecule has 0 unspecified atom stereocenters. The lowest BCUT2D eigenvalue weighted by atomic mass is 10.0. The van der Waals surface area contributed by atoms with Gasteiger partial charge in [-0.2, -0.15) is 4.98 Å². The molecule has 1 rings (SSSR count). The van der Waals surface area contributed by atoms with Crippen molar-refractivity contribution in [2.24, 2.45) is 5.92 Å². The summed E-state index contributed by atoms with van der Waals surface area (Å²) in [5, 5.41) is 3.36. The van der Waals surface area contributed by atoms with Gasteiger partial charge in [0, 0.05) is 26.8 Å². The molecule has 0 aliphatic carbocycles. The monoisotopic (exact) mass is 222 g/mol. The van der Waals surface area contributed by atoms with Gasteiger partial charge in [0.2, 0.25) is 5.95 Å². The molecule has 0 atom stereocenters. The fraction of sp³-hybridized carbons (Fsp3) is 0.667. The Hall–Kier alpha value is -1.32. The van der Waals surface area contributed by atoms with Gasteiger partial charge in [-0.3, -0.25) is 0 Å². The first-order valence-corrected chi connectivity index (χ1v) is 5.91. The maximum atomic E-state index is 4.42. The van der Waals surface area contributed by atoms with Crippen LogP contribution in [0.3, 0.4) is 0 Å². The van der Waals surface area contributed by atoms with Crippen LogP contribution in [0.4, 0.5) is 11.8 Å². The molecular weight excluding hydrogens is 200 g/mol. The second kappa shape index (κ2) is 6.30. The lowest BCUT2D eigenvalue weighted by Gasteiger charge is -2.15. The van der Waals surface area contributed by atoms with Gasteiger partial charge in [-0.25, -0.2) is 4.98 Å². The highest BCUT2D eigenvalue weighted by Crippen LogP contribution is 2.11. The maximum absolute atomic E-state index is 4.42. The normalized spacial score (nSPS) is 10.6. The molecule has 1 aromatic heterocycles. The van der Waals surface area contributed by atoms with Crippen molar-refractivity contribution in [3.05, 3.63) is 12.3 Å². The zero-order valence-electron chi connectivity index (χ0n) is 10.7. The number of anilines is 2. The van der Waals surface area contributed by atoms with Crippen LogP contribution < -0.4 is 10.2 Å². The number of nitrogens with zero attached hydrogens (tertiary/aromatic N) is 3. The third kappa shape index (κ3) is 3.68. The standard InChI is InChI=1S/C12H22N4/c1-5-10(6-2)9-14-11-7-8-13-12(15-11)16(3)4/h7-8,10H,5-6,9H2,1-4H3,(H,13,14,15). The Balaban J connectivity index is 2.56. The van der Waals surface area contributed by atoms with Gasteiger partial charge >= 0.3 is 0 Å². The van der Waals surface area contributed by atoms with Crippen molar-refractivity contribution < 1.29 is 0 Å². The molecule has 0 aromatic carbocycles. The van der Waals surface area contributed by atoms with Gasteiger partial charge in [0.15, 0.2) is 0 Å². The zero-order valence-corrected chi connectivity index (χ0v) is 10.7. The summed E-state index contributed by atoms with van der Waals surface area (Å²) in [6.07, 6.45) is 4.20. The number of rotatable bonds is 6. The van der Waals surface area contributed by atoms with Gasteiger partial charge < -0.3 is 10.2 Å². The van der Waals surface area contributed by atoms with Crippen LogP contribution in [-0.2, 0) is 0 Å². The molecule has 0 saturated heterocycles. The van der Waals surface area contributed by atoms with Crippen molar-refractivity contribution in [2.45, 2.75) is 26.7 Å². The highest BCUT2D eigenvalue weighted by Gasteiger charge is 2.04. The predicted molar refractivity (Wildman–Crippen MR) is 68.9 cm³/mol. The minimum Gasteiger partial charge on any atom is -0.370 e. The summed E-state index contributed by atoms with van der Waals surface area (Å²) in [6.45, 7) is 5.43. The summed E-state index contributed by atoms with van der Waals surface area (Å²) in [5.74, 6) is 2.37. The first-order chi connectivity index (χ1) is 7.67. The SMILES string of the molecule is CCC(CC)CNc1ccnc(N(C)C)n1. The number of nitrogens with one attached hydrogen (secondary N) is 1. The van der Waals surface area contributed by atoms with E-state index < -0.39 is 0 Å². The molecular formula is C12H22N4. The molecule has 1 heterocycles. The highest BCUT2D eigenvalue weighted by molar-refractivity contribution is 5.40. The van der Waals surface area contributed by atoms with Crippen LogP contribution in [0.2, 0.25) is 0 Å². The van der Waals surface area contributed by atoms with E-state index >= 15 is 0 Å². The topological polar surface area (TPSA) is 41.1 Å². The van der Waals surface area contributed by atoms with Crippen molar-refractivity contribution >= 4 is 11.8 Å². The number of hydrogen-bond acceptors (Lipinski definition) is 4. The van der Waals surface area contributed by atoms with Gasteiger partial charge in [0.05, 0.1) is 0 Å². The lowest BCUT2D eigenvalue weighted by Crippen LogP contribution is -2.16. The summed E-state index contributed by atoms with van der Waals surface area (Å²) in [6, 6.07) is 1.91. The molecule has 4 heteroatoms. The van der Waals surface area contributed by atoms with Crippen LogP contribution in [0.1, 0.15) is 26.7 Å². The second-order valence-electron chi connectivity index (χ2n) is 4.20. The molecule has 1 aromatic rings. The van der Waals surface area contributed by atoms with Gasteiger partial charge in [-0.1, -0.05) is 26.7 Å². The van der Waals surface area contributed by atoms with Gasteiger partial charge in [-0.05, 0) is 12.0 Å². The molecule has 0 aliphatic heterocycles. The zero-order chi connectivity index (χ0) is 12.0. The van der Waals surface area contributed by atoms with E-state index in [0.29, 0.717) is 0 Å². The molecule has 16 heavy (non-hydrogen) atoms. The highest BCUT2D eigenvalue weighted by atomic mass is 15.2. The van der Waals surface area contributed by atoms with Crippen molar-refractivity contribution in [3.63, 3.8) is 0 Å². The Morgan fingerprint density at radius 3 is 2.56 bits per heavy atom. The summed E-state index contributed by atoms with van der Waals surface area (Å²) >= 11 is 0. The average molecular weight is 222 g/mol. The molecule has 0 fully saturated rings. The third-order valence-electron chi connectivity index (χ3n) is 2.77. The summed E-state index contributed by atoms with van der Waals surface area (Å²) in [7, 11) is 3.89. The smallest absolute Gasteiger partial charge is 0.226 e. The van der Waals surface area contributed by atoms with Crippen molar-refractivity contribution in [2.75, 3.05) is 30.9 Å². The molecule has 0 radical (unpaired) electrons. The van der Waals surface area contributed by atoms with E-state index in [4.69, 9.17) is 0 Å². The van der Waals surface area contributed by atoms with E-state index in [1.807, 2.05) is 25.1 Å². The average Bonchev–Trinajstić information content (AvgIpc) is 2.31. The van der Waals surface area contributed by atoms with Crippen LogP contribution in [0.5, 0.6) is 0 Å². The fourth-order valence-electron chi connectivity index (χ4n) is 1.49. The first-order valence-electron chi connectivity index (χ1n) is 5.91. The Bertz CT molecular complexity index is 308. The summed E-state index contributed by atoms with van der Waals surface area (Å²) in [4.78, 5) is 10.5. The van der Waals surface area contributed by atoms with Crippen molar-refractivity contribution in [1.29, 1.82) is 0 Å². The Morgan fingerprint density at radius 1 is 1.31 bits per heavy atom. The van der Waals surface area contributed by atoms with E-state index in [9.17, 15) is 0 Å².